The fraction of sp³-hybridized carbons (Fsp3) is 0.267. The second kappa shape index (κ2) is 5.00. The van der Waals surface area contributed by atoms with Gasteiger partial charge in [0.1, 0.15) is 0 Å². The fourth-order valence-corrected chi connectivity index (χ4v) is 2.03. The Morgan fingerprint density at radius 3 is 2.65 bits per heavy atom. The van der Waals surface area contributed by atoms with E-state index in [0.29, 0.717) is 0 Å². The minimum atomic E-state index is -0.278. The van der Waals surface area contributed by atoms with Crippen LogP contribution in [-0.4, -0.2) is 13.1 Å². The van der Waals surface area contributed by atoms with E-state index in [1.807, 2.05) is 0 Å². The van der Waals surface area contributed by atoms with Crippen molar-refractivity contribution >= 4 is 11.5 Å². The molecule has 0 saturated heterocycles. The molecule has 0 atom stereocenters. The van der Waals surface area contributed by atoms with E-state index in [9.17, 15) is 4.79 Å². The zero-order valence-electron chi connectivity index (χ0n) is 10.2. The summed E-state index contributed by atoms with van der Waals surface area (Å²) in [6.45, 7) is 2.07. The number of hydrogen-bond acceptors (Lipinski definition) is 2. The van der Waals surface area contributed by atoms with Gasteiger partial charge < -0.3 is 4.74 Å². The first-order valence-corrected chi connectivity index (χ1v) is 5.77. The molecule has 1 aliphatic rings. The SMILES string of the molecule is COC(=O)/C=C1\CCC=C1c1ccc(C)cc1. The minimum Gasteiger partial charge on any atom is -0.466 e. The predicted octanol–water partition coefficient (Wildman–Crippen LogP) is 3.27. The summed E-state index contributed by atoms with van der Waals surface area (Å²) in [6.07, 6.45) is 5.68. The molecule has 0 heterocycles. The molecule has 0 amide bonds. The lowest BCUT2D eigenvalue weighted by Gasteiger charge is -2.06. The largest absolute Gasteiger partial charge is 0.466 e. The second-order valence-electron chi connectivity index (χ2n) is 4.22. The molecule has 2 rings (SSSR count). The van der Waals surface area contributed by atoms with Crippen LogP contribution in [0.1, 0.15) is 24.0 Å². The topological polar surface area (TPSA) is 26.3 Å². The van der Waals surface area contributed by atoms with Crippen LogP contribution < -0.4 is 0 Å². The van der Waals surface area contributed by atoms with Crippen LogP contribution in [0.2, 0.25) is 0 Å². The standard InChI is InChI=1S/C15H16O2/c1-11-6-8-12(9-7-11)14-5-3-4-13(14)10-15(16)17-2/h5-10H,3-4H2,1-2H3/b13-10+. The van der Waals surface area contributed by atoms with Crippen LogP contribution in [0, 0.1) is 6.92 Å². The van der Waals surface area contributed by atoms with Gasteiger partial charge in [0, 0.05) is 6.08 Å². The van der Waals surface area contributed by atoms with Gasteiger partial charge in [0.15, 0.2) is 0 Å². The number of benzene rings is 1. The number of esters is 1. The number of carbonyl (C=O) groups excluding carboxylic acids is 1. The Morgan fingerprint density at radius 2 is 2.00 bits per heavy atom. The summed E-state index contributed by atoms with van der Waals surface area (Å²) in [5.41, 5.74) is 4.64. The Morgan fingerprint density at radius 1 is 1.29 bits per heavy atom. The van der Waals surface area contributed by atoms with E-state index < -0.39 is 0 Å². The maximum absolute atomic E-state index is 11.3. The van der Waals surface area contributed by atoms with Gasteiger partial charge in [-0.25, -0.2) is 4.79 Å². The number of aryl methyl sites for hydroxylation is 1. The maximum atomic E-state index is 11.3. The predicted molar refractivity (Wildman–Crippen MR) is 68.5 cm³/mol. The van der Waals surface area contributed by atoms with Gasteiger partial charge in [-0.15, -0.1) is 0 Å². The highest BCUT2D eigenvalue weighted by Crippen LogP contribution is 2.33. The van der Waals surface area contributed by atoms with E-state index in [1.54, 1.807) is 6.08 Å². The van der Waals surface area contributed by atoms with Crippen LogP contribution in [0.3, 0.4) is 0 Å². The summed E-state index contributed by atoms with van der Waals surface area (Å²) >= 11 is 0. The minimum absolute atomic E-state index is 0.278. The van der Waals surface area contributed by atoms with E-state index in [4.69, 9.17) is 0 Å². The highest BCUT2D eigenvalue weighted by atomic mass is 16.5. The number of hydrogen-bond donors (Lipinski definition) is 0. The molecule has 0 aromatic heterocycles. The van der Waals surface area contributed by atoms with E-state index in [1.165, 1.54) is 18.2 Å². The molecule has 2 heteroatoms. The van der Waals surface area contributed by atoms with Crippen molar-refractivity contribution in [1.82, 2.24) is 0 Å². The number of rotatable bonds is 2. The molecular formula is C15H16O2. The number of methoxy groups -OCH3 is 1. The summed E-state index contributed by atoms with van der Waals surface area (Å²) in [6, 6.07) is 8.36. The highest BCUT2D eigenvalue weighted by Gasteiger charge is 2.14. The molecular weight excluding hydrogens is 212 g/mol. The maximum Gasteiger partial charge on any atom is 0.330 e. The van der Waals surface area contributed by atoms with Crippen molar-refractivity contribution in [2.75, 3.05) is 7.11 Å². The van der Waals surface area contributed by atoms with Gasteiger partial charge in [-0.3, -0.25) is 0 Å². The van der Waals surface area contributed by atoms with Crippen molar-refractivity contribution in [3.8, 4) is 0 Å². The normalized spacial score (nSPS) is 17.1. The van der Waals surface area contributed by atoms with Crippen molar-refractivity contribution in [1.29, 1.82) is 0 Å². The van der Waals surface area contributed by atoms with E-state index in [2.05, 4.69) is 42.0 Å². The van der Waals surface area contributed by atoms with E-state index in [-0.39, 0.29) is 5.97 Å². The average Bonchev–Trinajstić information content (AvgIpc) is 2.78. The number of carbonyl (C=O) groups is 1. The smallest absolute Gasteiger partial charge is 0.330 e. The first-order valence-electron chi connectivity index (χ1n) is 5.77. The Balaban J connectivity index is 2.29. The van der Waals surface area contributed by atoms with Gasteiger partial charge in [-0.2, -0.15) is 0 Å². The van der Waals surface area contributed by atoms with Crippen LogP contribution >= 0.6 is 0 Å². The molecule has 0 unspecified atom stereocenters. The zero-order chi connectivity index (χ0) is 12.3. The van der Waals surface area contributed by atoms with Crippen molar-refractivity contribution in [2.45, 2.75) is 19.8 Å². The van der Waals surface area contributed by atoms with Crippen molar-refractivity contribution in [2.24, 2.45) is 0 Å². The summed E-state index contributed by atoms with van der Waals surface area (Å²) in [7, 11) is 1.41. The molecule has 0 radical (unpaired) electrons. The number of allylic oxidation sites excluding steroid dienone is 3. The average molecular weight is 228 g/mol. The lowest BCUT2D eigenvalue weighted by Crippen LogP contribution is -1.97. The molecule has 0 fully saturated rings. The summed E-state index contributed by atoms with van der Waals surface area (Å²) < 4.78 is 4.67. The monoisotopic (exact) mass is 228 g/mol. The van der Waals surface area contributed by atoms with Crippen LogP contribution in [0.4, 0.5) is 0 Å². The molecule has 0 saturated carbocycles. The Hall–Kier alpha value is -1.83. The van der Waals surface area contributed by atoms with Crippen molar-refractivity contribution in [3.63, 3.8) is 0 Å². The quantitative estimate of drug-likeness (QED) is 0.573. The van der Waals surface area contributed by atoms with Crippen LogP contribution in [0.15, 0.2) is 42.0 Å². The van der Waals surface area contributed by atoms with Gasteiger partial charge in [0.25, 0.3) is 0 Å². The lowest BCUT2D eigenvalue weighted by molar-refractivity contribution is -0.134. The zero-order valence-corrected chi connectivity index (χ0v) is 10.2. The van der Waals surface area contributed by atoms with Gasteiger partial charge in [0.2, 0.25) is 0 Å². The van der Waals surface area contributed by atoms with Crippen LogP contribution in [0.5, 0.6) is 0 Å². The van der Waals surface area contributed by atoms with E-state index in [0.717, 1.165) is 24.0 Å². The molecule has 0 spiro atoms. The molecule has 1 aliphatic carbocycles. The molecule has 88 valence electrons. The Kier molecular flexibility index (Phi) is 3.43. The molecule has 0 N–H and O–H groups in total. The third-order valence-corrected chi connectivity index (χ3v) is 2.96. The Bertz CT molecular complexity index is 478. The van der Waals surface area contributed by atoms with Gasteiger partial charge >= 0.3 is 5.97 Å². The van der Waals surface area contributed by atoms with Gasteiger partial charge in [0.05, 0.1) is 7.11 Å². The van der Waals surface area contributed by atoms with E-state index >= 15 is 0 Å². The molecule has 0 bridgehead atoms. The fourth-order valence-electron chi connectivity index (χ4n) is 2.03. The second-order valence-corrected chi connectivity index (χ2v) is 4.22. The van der Waals surface area contributed by atoms with Crippen LogP contribution in [0.25, 0.3) is 5.57 Å². The van der Waals surface area contributed by atoms with Crippen molar-refractivity contribution in [3.05, 3.63) is 53.1 Å². The summed E-state index contributed by atoms with van der Waals surface area (Å²) in [4.78, 5) is 11.3. The van der Waals surface area contributed by atoms with Gasteiger partial charge in [-0.1, -0.05) is 35.9 Å². The highest BCUT2D eigenvalue weighted by molar-refractivity contribution is 5.91. The molecule has 1 aromatic rings. The van der Waals surface area contributed by atoms with Crippen molar-refractivity contribution < 1.29 is 9.53 Å². The molecule has 2 nitrogen and oxygen atoms in total. The first kappa shape index (κ1) is 11.6. The summed E-state index contributed by atoms with van der Waals surface area (Å²) in [5, 5.41) is 0. The lowest BCUT2D eigenvalue weighted by atomic mass is 9.99. The summed E-state index contributed by atoms with van der Waals surface area (Å²) in [5.74, 6) is -0.278. The third-order valence-electron chi connectivity index (χ3n) is 2.96. The Labute approximate surface area is 102 Å². The molecule has 1 aromatic carbocycles. The van der Waals surface area contributed by atoms with Gasteiger partial charge in [-0.05, 0) is 36.5 Å². The molecule has 0 aliphatic heterocycles. The molecule has 17 heavy (non-hydrogen) atoms. The van der Waals surface area contributed by atoms with Crippen LogP contribution in [-0.2, 0) is 9.53 Å². The number of ether oxygens (including phenoxy) is 1. The third kappa shape index (κ3) is 2.64. The first-order chi connectivity index (χ1) is 8.20.